The standard InChI is InChI=1S/C24H22N4O3S/c1-16-6-5-9-19(14-16)22(30)25-20-12-10-18(11-13-20)23(31)27-28-24(32)26-21(29)15-17-7-3-2-4-8-17/h2-14H,15H2,1H3,(H,25,30)(H,27,31)(H2,26,28,29,32). The maximum Gasteiger partial charge on any atom is 0.269 e. The summed E-state index contributed by atoms with van der Waals surface area (Å²) < 4.78 is 0. The highest BCUT2D eigenvalue weighted by molar-refractivity contribution is 7.80. The van der Waals surface area contributed by atoms with Crippen LogP contribution in [0.1, 0.15) is 31.8 Å². The minimum absolute atomic E-state index is 0.0127. The van der Waals surface area contributed by atoms with Crippen LogP contribution in [0, 0.1) is 6.92 Å². The molecule has 3 aromatic carbocycles. The summed E-state index contributed by atoms with van der Waals surface area (Å²) >= 11 is 5.03. The van der Waals surface area contributed by atoms with Crippen LogP contribution < -0.4 is 21.5 Å². The van der Waals surface area contributed by atoms with Gasteiger partial charge in [-0.15, -0.1) is 0 Å². The lowest BCUT2D eigenvalue weighted by Crippen LogP contribution is -2.48. The maximum atomic E-state index is 12.3. The first-order valence-electron chi connectivity index (χ1n) is 9.83. The zero-order valence-corrected chi connectivity index (χ0v) is 18.2. The maximum absolute atomic E-state index is 12.3. The van der Waals surface area contributed by atoms with Crippen LogP contribution in [-0.4, -0.2) is 22.8 Å². The summed E-state index contributed by atoms with van der Waals surface area (Å²) in [6, 6.07) is 22.9. The zero-order valence-electron chi connectivity index (χ0n) is 17.3. The third-order valence-corrected chi connectivity index (χ3v) is 4.64. The number of thiocarbonyl (C=S) groups is 1. The molecule has 0 atom stereocenters. The molecule has 0 aliphatic carbocycles. The van der Waals surface area contributed by atoms with Crippen LogP contribution in [0.5, 0.6) is 0 Å². The predicted molar refractivity (Wildman–Crippen MR) is 127 cm³/mol. The van der Waals surface area contributed by atoms with Crippen molar-refractivity contribution < 1.29 is 14.4 Å². The van der Waals surface area contributed by atoms with Crippen molar-refractivity contribution in [3.63, 3.8) is 0 Å². The molecule has 0 bridgehead atoms. The molecular formula is C24H22N4O3S. The van der Waals surface area contributed by atoms with Gasteiger partial charge in [0.15, 0.2) is 5.11 Å². The molecule has 3 rings (SSSR count). The summed E-state index contributed by atoms with van der Waals surface area (Å²) in [5, 5.41) is 5.28. The Morgan fingerprint density at radius 1 is 0.781 bits per heavy atom. The second-order valence-electron chi connectivity index (χ2n) is 7.02. The third kappa shape index (κ3) is 6.75. The molecule has 162 valence electrons. The minimum Gasteiger partial charge on any atom is -0.322 e. The van der Waals surface area contributed by atoms with E-state index in [-0.39, 0.29) is 23.3 Å². The molecule has 3 amide bonds. The minimum atomic E-state index is -0.443. The Kier molecular flexibility index (Phi) is 7.66. The van der Waals surface area contributed by atoms with Gasteiger partial charge < -0.3 is 10.6 Å². The molecule has 0 fully saturated rings. The fourth-order valence-corrected chi connectivity index (χ4v) is 3.03. The van der Waals surface area contributed by atoms with Crippen LogP contribution >= 0.6 is 12.2 Å². The molecule has 32 heavy (non-hydrogen) atoms. The van der Waals surface area contributed by atoms with Crippen LogP contribution in [0.4, 0.5) is 5.69 Å². The van der Waals surface area contributed by atoms with E-state index in [1.807, 2.05) is 49.4 Å². The number of carbonyl (C=O) groups is 3. The van der Waals surface area contributed by atoms with Gasteiger partial charge in [-0.05, 0) is 61.1 Å². The average molecular weight is 447 g/mol. The fourth-order valence-electron chi connectivity index (χ4n) is 2.86. The van der Waals surface area contributed by atoms with E-state index in [1.165, 1.54) is 0 Å². The normalized spacial score (nSPS) is 10.0. The Morgan fingerprint density at radius 3 is 2.19 bits per heavy atom. The van der Waals surface area contributed by atoms with Gasteiger partial charge in [0.05, 0.1) is 6.42 Å². The van der Waals surface area contributed by atoms with Crippen molar-refractivity contribution in [2.75, 3.05) is 5.32 Å². The van der Waals surface area contributed by atoms with E-state index in [0.29, 0.717) is 16.8 Å². The first kappa shape index (κ1) is 22.6. The Hall–Kier alpha value is -4.04. The van der Waals surface area contributed by atoms with Gasteiger partial charge in [0.2, 0.25) is 5.91 Å². The SMILES string of the molecule is Cc1cccc(C(=O)Nc2ccc(C(=O)NNC(=S)NC(=O)Cc3ccccc3)cc2)c1. The van der Waals surface area contributed by atoms with Crippen molar-refractivity contribution in [1.29, 1.82) is 0 Å². The van der Waals surface area contributed by atoms with Crippen molar-refractivity contribution in [2.24, 2.45) is 0 Å². The molecule has 0 saturated carbocycles. The molecule has 0 aromatic heterocycles. The quantitative estimate of drug-likeness (QED) is 0.357. The molecule has 0 aliphatic rings. The monoisotopic (exact) mass is 446 g/mol. The summed E-state index contributed by atoms with van der Waals surface area (Å²) in [4.78, 5) is 36.6. The Labute approximate surface area is 191 Å². The molecule has 0 spiro atoms. The van der Waals surface area contributed by atoms with Gasteiger partial charge >= 0.3 is 0 Å². The number of aryl methyl sites for hydroxylation is 1. The highest BCUT2D eigenvalue weighted by Gasteiger charge is 2.10. The molecule has 0 aliphatic heterocycles. The van der Waals surface area contributed by atoms with E-state index < -0.39 is 5.91 Å². The molecule has 4 N–H and O–H groups in total. The Balaban J connectivity index is 1.46. The van der Waals surface area contributed by atoms with Gasteiger partial charge in [0.25, 0.3) is 11.8 Å². The lowest BCUT2D eigenvalue weighted by atomic mass is 10.1. The van der Waals surface area contributed by atoms with Crippen LogP contribution in [-0.2, 0) is 11.2 Å². The average Bonchev–Trinajstić information content (AvgIpc) is 2.78. The molecule has 0 unspecified atom stereocenters. The van der Waals surface area contributed by atoms with Crippen molar-refractivity contribution in [2.45, 2.75) is 13.3 Å². The van der Waals surface area contributed by atoms with Crippen molar-refractivity contribution in [3.05, 3.63) is 101 Å². The lowest BCUT2D eigenvalue weighted by Gasteiger charge is -2.11. The van der Waals surface area contributed by atoms with Crippen molar-refractivity contribution in [3.8, 4) is 0 Å². The summed E-state index contributed by atoms with van der Waals surface area (Å²) in [6.07, 6.45) is 0.173. The third-order valence-electron chi connectivity index (χ3n) is 4.44. The van der Waals surface area contributed by atoms with Crippen LogP contribution in [0.3, 0.4) is 0 Å². The van der Waals surface area contributed by atoms with Crippen molar-refractivity contribution in [1.82, 2.24) is 16.2 Å². The fraction of sp³-hybridized carbons (Fsp3) is 0.0833. The smallest absolute Gasteiger partial charge is 0.269 e. The molecule has 3 aromatic rings. The van der Waals surface area contributed by atoms with Crippen LogP contribution in [0.15, 0.2) is 78.9 Å². The Bertz CT molecular complexity index is 1130. The van der Waals surface area contributed by atoms with E-state index in [4.69, 9.17) is 12.2 Å². The molecule has 0 saturated heterocycles. The van der Waals surface area contributed by atoms with E-state index in [2.05, 4.69) is 21.5 Å². The van der Waals surface area contributed by atoms with Gasteiger partial charge in [0, 0.05) is 16.8 Å². The largest absolute Gasteiger partial charge is 0.322 e. The highest BCUT2D eigenvalue weighted by atomic mass is 32.1. The van der Waals surface area contributed by atoms with E-state index in [9.17, 15) is 14.4 Å². The van der Waals surface area contributed by atoms with Crippen LogP contribution in [0.25, 0.3) is 0 Å². The number of benzene rings is 3. The number of amides is 3. The van der Waals surface area contributed by atoms with Gasteiger partial charge in [-0.1, -0.05) is 48.0 Å². The van der Waals surface area contributed by atoms with E-state index >= 15 is 0 Å². The first-order valence-corrected chi connectivity index (χ1v) is 10.2. The second-order valence-corrected chi connectivity index (χ2v) is 7.43. The second kappa shape index (κ2) is 10.8. The molecular weight excluding hydrogens is 424 g/mol. The number of rotatable bonds is 5. The number of hydrogen-bond acceptors (Lipinski definition) is 4. The Morgan fingerprint density at radius 2 is 1.50 bits per heavy atom. The zero-order chi connectivity index (χ0) is 22.9. The number of hydrazine groups is 1. The van der Waals surface area contributed by atoms with Gasteiger partial charge in [-0.3, -0.25) is 25.2 Å². The van der Waals surface area contributed by atoms with Gasteiger partial charge in [-0.2, -0.15) is 0 Å². The van der Waals surface area contributed by atoms with E-state index in [0.717, 1.165) is 11.1 Å². The number of hydrogen-bond donors (Lipinski definition) is 4. The summed E-state index contributed by atoms with van der Waals surface area (Å²) in [5.41, 5.74) is 8.24. The number of nitrogens with one attached hydrogen (secondary N) is 4. The molecule has 0 heterocycles. The summed E-state index contributed by atoms with van der Waals surface area (Å²) in [6.45, 7) is 1.92. The molecule has 7 nitrogen and oxygen atoms in total. The number of carbonyl (C=O) groups excluding carboxylic acids is 3. The molecule has 8 heteroatoms. The lowest BCUT2D eigenvalue weighted by molar-refractivity contribution is -0.119. The predicted octanol–water partition coefficient (Wildman–Crippen LogP) is 3.13. The van der Waals surface area contributed by atoms with E-state index in [1.54, 1.807) is 36.4 Å². The summed E-state index contributed by atoms with van der Waals surface area (Å²) in [5.74, 6) is -0.970. The number of anilines is 1. The van der Waals surface area contributed by atoms with Gasteiger partial charge in [-0.25, -0.2) is 0 Å². The first-order chi connectivity index (χ1) is 15.4. The van der Waals surface area contributed by atoms with Gasteiger partial charge in [0.1, 0.15) is 0 Å². The van der Waals surface area contributed by atoms with Crippen molar-refractivity contribution >= 4 is 40.7 Å². The molecule has 0 radical (unpaired) electrons. The topological polar surface area (TPSA) is 99.3 Å². The summed E-state index contributed by atoms with van der Waals surface area (Å²) in [7, 11) is 0. The highest BCUT2D eigenvalue weighted by Crippen LogP contribution is 2.12. The van der Waals surface area contributed by atoms with Crippen LogP contribution in [0.2, 0.25) is 0 Å².